The minimum absolute atomic E-state index is 0.215. The monoisotopic (exact) mass is 337 g/mol. The number of methoxy groups -OCH3 is 2. The minimum Gasteiger partial charge on any atom is -0.497 e. The van der Waals surface area contributed by atoms with E-state index < -0.39 is 5.78 Å². The Morgan fingerprint density at radius 1 is 1.04 bits per heavy atom. The van der Waals surface area contributed by atoms with E-state index in [-0.39, 0.29) is 11.8 Å². The molecule has 1 heterocycles. The number of carbonyl (C=O) groups excluding carboxylic acids is 2. The fraction of sp³-hybridized carbons (Fsp3) is 0.111. The Labute approximate surface area is 143 Å². The first kappa shape index (κ1) is 16.4. The fourth-order valence-corrected chi connectivity index (χ4v) is 2.47. The molecule has 1 aromatic heterocycles. The normalized spacial score (nSPS) is 10.3. The molecule has 0 aliphatic carbocycles. The lowest BCUT2D eigenvalue weighted by Crippen LogP contribution is -2.04. The molecule has 0 amide bonds. The minimum atomic E-state index is -0.643. The van der Waals surface area contributed by atoms with Crippen LogP contribution in [0, 0.1) is 0 Å². The second-order valence-corrected chi connectivity index (χ2v) is 5.19. The molecule has 3 aromatic rings. The number of nitrogens with zero attached hydrogens (tertiary/aromatic N) is 2. The van der Waals surface area contributed by atoms with Crippen LogP contribution < -0.4 is 14.8 Å². The SMILES string of the molecule is COc1cc(Nc2cc(C(=O)C=O)c3ncncc3c2)cc(OC)c1. The van der Waals surface area contributed by atoms with Gasteiger partial charge in [-0.25, -0.2) is 9.97 Å². The molecule has 126 valence electrons. The topological polar surface area (TPSA) is 90.4 Å². The highest BCUT2D eigenvalue weighted by molar-refractivity contribution is 6.36. The van der Waals surface area contributed by atoms with Gasteiger partial charge in [0.1, 0.15) is 17.8 Å². The third-order valence-electron chi connectivity index (χ3n) is 3.62. The van der Waals surface area contributed by atoms with Crippen LogP contribution in [0.2, 0.25) is 0 Å². The molecule has 0 unspecified atom stereocenters. The molecule has 0 spiro atoms. The van der Waals surface area contributed by atoms with Crippen LogP contribution in [-0.2, 0) is 4.79 Å². The van der Waals surface area contributed by atoms with Gasteiger partial charge in [-0.3, -0.25) is 9.59 Å². The average Bonchev–Trinajstić information content (AvgIpc) is 2.66. The maximum absolute atomic E-state index is 11.9. The molecule has 25 heavy (non-hydrogen) atoms. The molecule has 7 nitrogen and oxygen atoms in total. The number of carbonyl (C=O) groups is 2. The van der Waals surface area contributed by atoms with E-state index in [0.717, 1.165) is 0 Å². The molecule has 0 aliphatic heterocycles. The maximum atomic E-state index is 11.9. The zero-order valence-electron chi connectivity index (χ0n) is 13.6. The molecule has 1 N–H and O–H groups in total. The number of anilines is 2. The highest BCUT2D eigenvalue weighted by Gasteiger charge is 2.13. The second kappa shape index (κ2) is 6.96. The average molecular weight is 337 g/mol. The zero-order valence-corrected chi connectivity index (χ0v) is 13.6. The molecule has 0 radical (unpaired) electrons. The Balaban J connectivity index is 2.07. The lowest BCUT2D eigenvalue weighted by molar-refractivity contribution is -0.104. The summed E-state index contributed by atoms with van der Waals surface area (Å²) in [6.07, 6.45) is 3.19. The van der Waals surface area contributed by atoms with Crippen molar-refractivity contribution in [1.82, 2.24) is 9.97 Å². The predicted molar refractivity (Wildman–Crippen MR) is 92.8 cm³/mol. The van der Waals surface area contributed by atoms with Gasteiger partial charge in [-0.2, -0.15) is 0 Å². The van der Waals surface area contributed by atoms with Gasteiger partial charge in [0.25, 0.3) is 0 Å². The number of aldehydes is 1. The number of aromatic nitrogens is 2. The van der Waals surface area contributed by atoms with Gasteiger partial charge in [0.05, 0.1) is 25.3 Å². The van der Waals surface area contributed by atoms with Gasteiger partial charge < -0.3 is 14.8 Å². The van der Waals surface area contributed by atoms with Crippen molar-refractivity contribution in [2.45, 2.75) is 0 Å². The van der Waals surface area contributed by atoms with Crippen LogP contribution >= 0.6 is 0 Å². The summed E-state index contributed by atoms with van der Waals surface area (Å²) in [6.45, 7) is 0. The summed E-state index contributed by atoms with van der Waals surface area (Å²) >= 11 is 0. The molecule has 0 fully saturated rings. The summed E-state index contributed by atoms with van der Waals surface area (Å²) in [5, 5.41) is 3.83. The lowest BCUT2D eigenvalue weighted by atomic mass is 10.1. The van der Waals surface area contributed by atoms with E-state index >= 15 is 0 Å². The summed E-state index contributed by atoms with van der Waals surface area (Å²) in [7, 11) is 3.12. The van der Waals surface area contributed by atoms with E-state index in [1.54, 1.807) is 50.7 Å². The quantitative estimate of drug-likeness (QED) is 0.420. The van der Waals surface area contributed by atoms with E-state index in [9.17, 15) is 9.59 Å². The van der Waals surface area contributed by atoms with Crippen molar-refractivity contribution in [3.8, 4) is 11.5 Å². The van der Waals surface area contributed by atoms with Crippen molar-refractivity contribution >= 4 is 34.3 Å². The van der Waals surface area contributed by atoms with Crippen molar-refractivity contribution in [1.29, 1.82) is 0 Å². The van der Waals surface area contributed by atoms with Gasteiger partial charge in [0, 0.05) is 41.2 Å². The molecular formula is C18H15N3O4. The molecule has 2 aromatic carbocycles. The van der Waals surface area contributed by atoms with Gasteiger partial charge in [-0.1, -0.05) is 0 Å². The zero-order chi connectivity index (χ0) is 17.8. The first-order valence-corrected chi connectivity index (χ1v) is 7.38. The van der Waals surface area contributed by atoms with Crippen LogP contribution in [0.1, 0.15) is 10.4 Å². The van der Waals surface area contributed by atoms with Gasteiger partial charge in [0.15, 0.2) is 6.29 Å². The number of Topliss-reactive ketones (excluding diaryl/α,β-unsaturated/α-hetero) is 1. The first-order chi connectivity index (χ1) is 12.1. The molecule has 0 atom stereocenters. The Morgan fingerprint density at radius 2 is 1.72 bits per heavy atom. The second-order valence-electron chi connectivity index (χ2n) is 5.19. The summed E-state index contributed by atoms with van der Waals surface area (Å²) in [6, 6.07) is 8.70. The molecular weight excluding hydrogens is 322 g/mol. The molecule has 3 rings (SSSR count). The number of hydrogen-bond acceptors (Lipinski definition) is 7. The number of ketones is 1. The summed E-state index contributed by atoms with van der Waals surface area (Å²) in [5.41, 5.74) is 1.97. The van der Waals surface area contributed by atoms with Crippen LogP contribution in [0.4, 0.5) is 11.4 Å². The Morgan fingerprint density at radius 3 is 2.36 bits per heavy atom. The van der Waals surface area contributed by atoms with Gasteiger partial charge in [0.2, 0.25) is 5.78 Å². The number of nitrogens with one attached hydrogen (secondary N) is 1. The van der Waals surface area contributed by atoms with Gasteiger partial charge in [-0.05, 0) is 12.1 Å². The van der Waals surface area contributed by atoms with Crippen LogP contribution in [0.5, 0.6) is 11.5 Å². The van der Waals surface area contributed by atoms with Crippen LogP contribution in [-0.4, -0.2) is 36.3 Å². The van der Waals surface area contributed by atoms with Crippen molar-refractivity contribution in [2.24, 2.45) is 0 Å². The van der Waals surface area contributed by atoms with E-state index in [1.807, 2.05) is 0 Å². The van der Waals surface area contributed by atoms with Gasteiger partial charge in [-0.15, -0.1) is 0 Å². The third kappa shape index (κ3) is 3.40. The van der Waals surface area contributed by atoms with Gasteiger partial charge >= 0.3 is 0 Å². The number of rotatable bonds is 6. The first-order valence-electron chi connectivity index (χ1n) is 7.38. The molecule has 7 heteroatoms. The number of hydrogen-bond donors (Lipinski definition) is 1. The van der Waals surface area contributed by atoms with Crippen molar-refractivity contribution in [2.75, 3.05) is 19.5 Å². The summed E-state index contributed by atoms with van der Waals surface area (Å²) in [5.74, 6) is 0.598. The largest absolute Gasteiger partial charge is 0.497 e. The molecule has 0 saturated carbocycles. The van der Waals surface area contributed by atoms with Crippen LogP contribution in [0.15, 0.2) is 42.9 Å². The van der Waals surface area contributed by atoms with Crippen LogP contribution in [0.25, 0.3) is 10.9 Å². The lowest BCUT2D eigenvalue weighted by Gasteiger charge is -2.12. The van der Waals surface area contributed by atoms with E-state index in [4.69, 9.17) is 9.47 Å². The summed E-state index contributed by atoms with van der Waals surface area (Å²) < 4.78 is 10.5. The fourth-order valence-electron chi connectivity index (χ4n) is 2.47. The van der Waals surface area contributed by atoms with E-state index in [2.05, 4.69) is 15.3 Å². The molecule has 0 bridgehead atoms. The van der Waals surface area contributed by atoms with Crippen molar-refractivity contribution < 1.29 is 19.1 Å². The maximum Gasteiger partial charge on any atom is 0.227 e. The number of fused-ring (bicyclic) bond motifs is 1. The molecule has 0 saturated heterocycles. The van der Waals surface area contributed by atoms with Crippen molar-refractivity contribution in [3.05, 3.63) is 48.4 Å². The standard InChI is InChI=1S/C18H15N3O4/c1-24-14-4-13(5-15(7-14)25-2)21-12-3-11-8-19-10-20-18(11)16(6-12)17(23)9-22/h3-10,21H,1-2H3. The predicted octanol–water partition coefficient (Wildman–Crippen LogP) is 2.77. The summed E-state index contributed by atoms with van der Waals surface area (Å²) in [4.78, 5) is 30.9. The molecule has 0 aliphatic rings. The van der Waals surface area contributed by atoms with Crippen molar-refractivity contribution in [3.63, 3.8) is 0 Å². The Bertz CT molecular complexity index is 934. The number of ether oxygens (including phenoxy) is 2. The Hall–Kier alpha value is -3.48. The number of benzene rings is 2. The third-order valence-corrected chi connectivity index (χ3v) is 3.62. The highest BCUT2D eigenvalue weighted by atomic mass is 16.5. The van der Waals surface area contributed by atoms with E-state index in [1.165, 1.54) is 6.33 Å². The van der Waals surface area contributed by atoms with Crippen LogP contribution in [0.3, 0.4) is 0 Å². The highest BCUT2D eigenvalue weighted by Crippen LogP contribution is 2.30. The Kier molecular flexibility index (Phi) is 4.56. The smallest absolute Gasteiger partial charge is 0.227 e. The van der Waals surface area contributed by atoms with E-state index in [0.29, 0.717) is 33.8 Å².